The van der Waals surface area contributed by atoms with E-state index in [4.69, 9.17) is 0 Å². The third kappa shape index (κ3) is 3.52. The lowest BCUT2D eigenvalue weighted by Crippen LogP contribution is -2.38. The monoisotopic (exact) mass is 259 g/mol. The number of rotatable bonds is 4. The Labute approximate surface area is 118 Å². The molecule has 3 atom stereocenters. The van der Waals surface area contributed by atoms with Crippen molar-refractivity contribution in [3.63, 3.8) is 0 Å². The van der Waals surface area contributed by atoms with Crippen molar-refractivity contribution in [1.29, 1.82) is 0 Å². The van der Waals surface area contributed by atoms with Crippen LogP contribution in [0.4, 0.5) is 5.69 Å². The van der Waals surface area contributed by atoms with E-state index in [2.05, 4.69) is 57.3 Å². The maximum atomic E-state index is 3.86. The van der Waals surface area contributed by atoms with E-state index in [1.165, 1.54) is 30.5 Å². The van der Waals surface area contributed by atoms with Crippen molar-refractivity contribution in [2.24, 2.45) is 17.8 Å². The smallest absolute Gasteiger partial charge is 0.0374 e. The number of hydrogen-bond acceptors (Lipinski definition) is 1. The van der Waals surface area contributed by atoms with E-state index in [0.717, 1.165) is 24.2 Å². The summed E-state index contributed by atoms with van der Waals surface area (Å²) in [5.74, 6) is 2.46. The van der Waals surface area contributed by atoms with Gasteiger partial charge in [0, 0.05) is 11.7 Å². The minimum atomic E-state index is 0.649. The van der Waals surface area contributed by atoms with Crippen molar-refractivity contribution in [2.45, 2.75) is 59.4 Å². The molecule has 0 radical (unpaired) electrons. The van der Waals surface area contributed by atoms with Crippen molar-refractivity contribution in [2.75, 3.05) is 5.32 Å². The fraction of sp³-hybridized carbons (Fsp3) is 0.667. The SMILES string of the molecule is CCc1ccccc1NC1CC(C)CCC1C(C)C. The number of anilines is 1. The van der Waals surface area contributed by atoms with E-state index in [-0.39, 0.29) is 0 Å². The molecule has 1 nitrogen and oxygen atoms in total. The van der Waals surface area contributed by atoms with Crippen molar-refractivity contribution < 1.29 is 0 Å². The average Bonchev–Trinajstić information content (AvgIpc) is 2.39. The van der Waals surface area contributed by atoms with Crippen LogP contribution in [0.25, 0.3) is 0 Å². The van der Waals surface area contributed by atoms with Crippen LogP contribution in [0.3, 0.4) is 0 Å². The molecule has 0 bridgehead atoms. The van der Waals surface area contributed by atoms with Gasteiger partial charge in [-0.05, 0) is 48.6 Å². The quantitative estimate of drug-likeness (QED) is 0.791. The van der Waals surface area contributed by atoms with E-state index < -0.39 is 0 Å². The zero-order chi connectivity index (χ0) is 13.8. The van der Waals surface area contributed by atoms with Gasteiger partial charge in [-0.1, -0.05) is 52.3 Å². The third-order valence-electron chi connectivity index (χ3n) is 4.76. The summed E-state index contributed by atoms with van der Waals surface area (Å²) in [6.07, 6.45) is 5.21. The lowest BCUT2D eigenvalue weighted by molar-refractivity contribution is 0.212. The minimum absolute atomic E-state index is 0.649. The second-order valence-corrected chi connectivity index (χ2v) is 6.59. The molecule has 0 aromatic heterocycles. The van der Waals surface area contributed by atoms with Crippen LogP contribution < -0.4 is 5.32 Å². The molecule has 1 fully saturated rings. The van der Waals surface area contributed by atoms with Gasteiger partial charge in [0.15, 0.2) is 0 Å². The molecule has 0 aliphatic heterocycles. The van der Waals surface area contributed by atoms with E-state index in [1.807, 2.05) is 0 Å². The zero-order valence-corrected chi connectivity index (χ0v) is 12.9. The molecule has 1 aliphatic carbocycles. The number of para-hydroxylation sites is 1. The highest BCUT2D eigenvalue weighted by Gasteiger charge is 2.30. The molecule has 1 aromatic rings. The standard InChI is InChI=1S/C18H29N/c1-5-15-8-6-7-9-17(15)19-18-12-14(4)10-11-16(18)13(2)3/h6-9,13-14,16,18-19H,5,10-12H2,1-4H3. The summed E-state index contributed by atoms with van der Waals surface area (Å²) < 4.78 is 0. The van der Waals surface area contributed by atoms with E-state index >= 15 is 0 Å². The van der Waals surface area contributed by atoms with E-state index in [0.29, 0.717) is 6.04 Å². The normalized spacial score (nSPS) is 27.5. The molecule has 2 rings (SSSR count). The second kappa shape index (κ2) is 6.45. The zero-order valence-electron chi connectivity index (χ0n) is 12.9. The molecule has 0 spiro atoms. The van der Waals surface area contributed by atoms with Crippen LogP contribution in [-0.4, -0.2) is 6.04 Å². The Bertz CT molecular complexity index is 396. The van der Waals surface area contributed by atoms with Crippen molar-refractivity contribution >= 4 is 5.69 Å². The number of benzene rings is 1. The first-order valence-corrected chi connectivity index (χ1v) is 7.96. The fourth-order valence-corrected chi connectivity index (χ4v) is 3.54. The Morgan fingerprint density at radius 1 is 1.21 bits per heavy atom. The van der Waals surface area contributed by atoms with Gasteiger partial charge in [-0.25, -0.2) is 0 Å². The van der Waals surface area contributed by atoms with Crippen LogP contribution in [0.5, 0.6) is 0 Å². The fourth-order valence-electron chi connectivity index (χ4n) is 3.54. The highest BCUT2D eigenvalue weighted by molar-refractivity contribution is 5.52. The highest BCUT2D eigenvalue weighted by atomic mass is 14.9. The first-order chi connectivity index (χ1) is 9.11. The summed E-state index contributed by atoms with van der Waals surface area (Å²) in [4.78, 5) is 0. The number of hydrogen-bond donors (Lipinski definition) is 1. The van der Waals surface area contributed by atoms with Gasteiger partial charge in [0.2, 0.25) is 0 Å². The topological polar surface area (TPSA) is 12.0 Å². The summed E-state index contributed by atoms with van der Waals surface area (Å²) in [5.41, 5.74) is 2.80. The van der Waals surface area contributed by atoms with Crippen molar-refractivity contribution in [3.05, 3.63) is 29.8 Å². The van der Waals surface area contributed by atoms with Gasteiger partial charge in [0.25, 0.3) is 0 Å². The second-order valence-electron chi connectivity index (χ2n) is 6.59. The molecule has 0 saturated heterocycles. The van der Waals surface area contributed by atoms with Crippen molar-refractivity contribution in [1.82, 2.24) is 0 Å². The summed E-state index contributed by atoms with van der Waals surface area (Å²) >= 11 is 0. The predicted molar refractivity (Wildman–Crippen MR) is 84.6 cm³/mol. The van der Waals surface area contributed by atoms with Gasteiger partial charge in [-0.3, -0.25) is 0 Å². The molecule has 106 valence electrons. The Morgan fingerprint density at radius 2 is 1.95 bits per heavy atom. The molecule has 0 heterocycles. The summed E-state index contributed by atoms with van der Waals surface area (Å²) in [6, 6.07) is 9.44. The summed E-state index contributed by atoms with van der Waals surface area (Å²) in [6.45, 7) is 9.39. The Morgan fingerprint density at radius 3 is 2.63 bits per heavy atom. The molecule has 1 N–H and O–H groups in total. The lowest BCUT2D eigenvalue weighted by Gasteiger charge is -2.38. The predicted octanol–water partition coefficient (Wildman–Crippen LogP) is 5.12. The Hall–Kier alpha value is -0.980. The molecule has 3 unspecified atom stereocenters. The molecular formula is C18H29N. The van der Waals surface area contributed by atoms with Gasteiger partial charge in [-0.2, -0.15) is 0 Å². The number of nitrogens with one attached hydrogen (secondary N) is 1. The number of aryl methyl sites for hydroxylation is 1. The van der Waals surface area contributed by atoms with Crippen LogP contribution >= 0.6 is 0 Å². The summed E-state index contributed by atoms with van der Waals surface area (Å²) in [5, 5.41) is 3.86. The van der Waals surface area contributed by atoms with E-state index in [1.54, 1.807) is 0 Å². The molecule has 1 saturated carbocycles. The summed E-state index contributed by atoms with van der Waals surface area (Å²) in [7, 11) is 0. The van der Waals surface area contributed by atoms with Crippen LogP contribution in [0.2, 0.25) is 0 Å². The van der Waals surface area contributed by atoms with Crippen LogP contribution in [-0.2, 0) is 6.42 Å². The average molecular weight is 259 g/mol. The van der Waals surface area contributed by atoms with Crippen LogP contribution in [0.15, 0.2) is 24.3 Å². The first-order valence-electron chi connectivity index (χ1n) is 7.96. The maximum Gasteiger partial charge on any atom is 0.0374 e. The lowest BCUT2D eigenvalue weighted by atomic mass is 9.74. The molecule has 1 aromatic carbocycles. The molecular weight excluding hydrogens is 230 g/mol. The highest BCUT2D eigenvalue weighted by Crippen LogP contribution is 2.35. The maximum absolute atomic E-state index is 3.86. The third-order valence-corrected chi connectivity index (χ3v) is 4.76. The van der Waals surface area contributed by atoms with Gasteiger partial charge in [0.05, 0.1) is 0 Å². The van der Waals surface area contributed by atoms with Crippen LogP contribution in [0, 0.1) is 17.8 Å². The van der Waals surface area contributed by atoms with E-state index in [9.17, 15) is 0 Å². The van der Waals surface area contributed by atoms with Crippen LogP contribution in [0.1, 0.15) is 52.5 Å². The van der Waals surface area contributed by atoms with Gasteiger partial charge in [-0.15, -0.1) is 0 Å². The van der Waals surface area contributed by atoms with Gasteiger partial charge < -0.3 is 5.32 Å². The molecule has 19 heavy (non-hydrogen) atoms. The van der Waals surface area contributed by atoms with Crippen molar-refractivity contribution in [3.8, 4) is 0 Å². The van der Waals surface area contributed by atoms with Gasteiger partial charge in [0.1, 0.15) is 0 Å². The molecule has 1 aliphatic rings. The Balaban J connectivity index is 2.14. The first kappa shape index (κ1) is 14.4. The van der Waals surface area contributed by atoms with Gasteiger partial charge >= 0.3 is 0 Å². The molecule has 0 amide bonds. The minimum Gasteiger partial charge on any atom is -0.382 e. The largest absolute Gasteiger partial charge is 0.382 e. The Kier molecular flexibility index (Phi) is 4.90. The molecule has 1 heteroatoms.